The Balaban J connectivity index is 2.15. The van der Waals surface area contributed by atoms with E-state index in [9.17, 15) is 14.0 Å². The van der Waals surface area contributed by atoms with Crippen molar-refractivity contribution in [3.05, 3.63) is 63.9 Å². The fourth-order valence-corrected chi connectivity index (χ4v) is 2.82. The van der Waals surface area contributed by atoms with Crippen LogP contribution in [0, 0.1) is 5.82 Å². The lowest BCUT2D eigenvalue weighted by molar-refractivity contribution is -0.142. The minimum Gasteiger partial charge on any atom is -0.484 e. The number of amides is 2. The lowest BCUT2D eigenvalue weighted by Crippen LogP contribution is -2.49. The minimum absolute atomic E-state index is 0.154. The molecular formula is C20H21Cl2FN2O3. The molecule has 0 spiro atoms. The number of benzene rings is 2. The first-order valence-corrected chi connectivity index (χ1v) is 9.47. The summed E-state index contributed by atoms with van der Waals surface area (Å²) in [6.07, 6.45) is 0. The predicted octanol–water partition coefficient (Wildman–Crippen LogP) is 4.06. The fourth-order valence-electron chi connectivity index (χ4n) is 2.50. The molecule has 1 N–H and O–H groups in total. The Bertz CT molecular complexity index is 831. The molecule has 5 nitrogen and oxygen atoms in total. The van der Waals surface area contributed by atoms with Crippen LogP contribution in [0.4, 0.5) is 4.39 Å². The molecule has 0 aliphatic heterocycles. The average molecular weight is 427 g/mol. The van der Waals surface area contributed by atoms with Gasteiger partial charge in [0.2, 0.25) is 5.91 Å². The molecule has 28 heavy (non-hydrogen) atoms. The highest BCUT2D eigenvalue weighted by Gasteiger charge is 2.26. The van der Waals surface area contributed by atoms with Crippen LogP contribution in [0.1, 0.15) is 19.4 Å². The molecule has 0 aromatic heterocycles. The Kier molecular flexibility index (Phi) is 8.08. The smallest absolute Gasteiger partial charge is 0.261 e. The number of ether oxygens (including phenoxy) is 1. The molecule has 0 saturated heterocycles. The third-order valence-corrected chi connectivity index (χ3v) is 4.77. The normalized spacial score (nSPS) is 11.6. The second-order valence-electron chi connectivity index (χ2n) is 6.08. The summed E-state index contributed by atoms with van der Waals surface area (Å²) in [6.45, 7) is 3.74. The molecule has 0 fully saturated rings. The molecule has 0 saturated carbocycles. The number of likely N-dealkylation sites (N-methyl/N-ethyl adjacent to an activating group) is 1. The first-order chi connectivity index (χ1) is 13.3. The van der Waals surface area contributed by atoms with E-state index in [0.29, 0.717) is 22.3 Å². The van der Waals surface area contributed by atoms with Gasteiger partial charge in [0.15, 0.2) is 6.61 Å². The van der Waals surface area contributed by atoms with Gasteiger partial charge in [0.1, 0.15) is 17.6 Å². The Morgan fingerprint density at radius 3 is 2.43 bits per heavy atom. The van der Waals surface area contributed by atoms with Crippen molar-refractivity contribution in [3.8, 4) is 5.75 Å². The molecule has 2 aromatic carbocycles. The number of nitrogens with one attached hydrogen (secondary N) is 1. The Morgan fingerprint density at radius 2 is 1.82 bits per heavy atom. The van der Waals surface area contributed by atoms with Crippen molar-refractivity contribution in [1.29, 1.82) is 0 Å². The van der Waals surface area contributed by atoms with Crippen molar-refractivity contribution in [3.63, 3.8) is 0 Å². The molecule has 1 atom stereocenters. The van der Waals surface area contributed by atoms with Gasteiger partial charge in [0, 0.05) is 13.1 Å². The summed E-state index contributed by atoms with van der Waals surface area (Å²) in [6, 6.07) is 9.63. The zero-order valence-electron chi connectivity index (χ0n) is 15.5. The first-order valence-electron chi connectivity index (χ1n) is 8.71. The predicted molar refractivity (Wildman–Crippen MR) is 107 cm³/mol. The van der Waals surface area contributed by atoms with Gasteiger partial charge in [-0.1, -0.05) is 29.3 Å². The maximum atomic E-state index is 13.0. The van der Waals surface area contributed by atoms with Gasteiger partial charge in [-0.25, -0.2) is 4.39 Å². The van der Waals surface area contributed by atoms with Crippen LogP contribution < -0.4 is 10.1 Å². The van der Waals surface area contributed by atoms with Gasteiger partial charge in [-0.15, -0.1) is 0 Å². The van der Waals surface area contributed by atoms with Gasteiger partial charge in [0.05, 0.1) is 10.0 Å². The molecular weight excluding hydrogens is 406 g/mol. The number of nitrogens with zero attached hydrogens (tertiary/aromatic N) is 1. The minimum atomic E-state index is -0.723. The van der Waals surface area contributed by atoms with Gasteiger partial charge in [-0.3, -0.25) is 9.59 Å². The largest absolute Gasteiger partial charge is 0.484 e. The first kappa shape index (κ1) is 22.0. The topological polar surface area (TPSA) is 58.6 Å². The number of rotatable bonds is 8. The Hall–Kier alpha value is -2.31. The lowest BCUT2D eigenvalue weighted by Gasteiger charge is -2.28. The van der Waals surface area contributed by atoms with Crippen molar-refractivity contribution >= 4 is 35.0 Å². The summed E-state index contributed by atoms with van der Waals surface area (Å²) >= 11 is 12.0. The van der Waals surface area contributed by atoms with E-state index >= 15 is 0 Å². The van der Waals surface area contributed by atoms with Gasteiger partial charge < -0.3 is 15.0 Å². The number of carbonyl (C=O) groups is 2. The molecule has 0 radical (unpaired) electrons. The van der Waals surface area contributed by atoms with E-state index in [2.05, 4.69) is 5.32 Å². The Morgan fingerprint density at radius 1 is 1.14 bits per heavy atom. The summed E-state index contributed by atoms with van der Waals surface area (Å²) in [5.41, 5.74) is 0.723. The van der Waals surface area contributed by atoms with Gasteiger partial charge in [-0.05, 0) is 55.8 Å². The van der Waals surface area contributed by atoms with Crippen molar-refractivity contribution in [2.24, 2.45) is 0 Å². The highest BCUT2D eigenvalue weighted by atomic mass is 35.5. The average Bonchev–Trinajstić information content (AvgIpc) is 2.67. The van der Waals surface area contributed by atoms with Crippen molar-refractivity contribution in [2.75, 3.05) is 13.2 Å². The molecule has 150 valence electrons. The third-order valence-electron chi connectivity index (χ3n) is 4.03. The molecule has 0 aliphatic carbocycles. The molecule has 8 heteroatoms. The zero-order chi connectivity index (χ0) is 20.7. The molecule has 0 bridgehead atoms. The van der Waals surface area contributed by atoms with Crippen molar-refractivity contribution in [1.82, 2.24) is 10.2 Å². The van der Waals surface area contributed by atoms with Crippen molar-refractivity contribution in [2.45, 2.75) is 26.4 Å². The SMILES string of the molecule is CCNC(=O)[C@@H](C)N(Cc1ccc(Cl)c(Cl)c1)C(=O)COc1ccc(F)cc1. The van der Waals surface area contributed by atoms with Gasteiger partial charge in [0.25, 0.3) is 5.91 Å². The summed E-state index contributed by atoms with van der Waals surface area (Å²) in [5.74, 6) is -0.716. The van der Waals surface area contributed by atoms with E-state index in [1.807, 2.05) is 0 Å². The summed E-state index contributed by atoms with van der Waals surface area (Å²) in [4.78, 5) is 26.5. The van der Waals surface area contributed by atoms with Crippen LogP contribution in [0.3, 0.4) is 0 Å². The van der Waals surface area contributed by atoms with Crippen LogP contribution in [0.2, 0.25) is 10.0 Å². The molecule has 0 aliphatic rings. The van der Waals surface area contributed by atoms with Crippen LogP contribution in [-0.2, 0) is 16.1 Å². The van der Waals surface area contributed by atoms with E-state index in [1.54, 1.807) is 32.0 Å². The fraction of sp³-hybridized carbons (Fsp3) is 0.300. The standard InChI is InChI=1S/C20H21Cl2FN2O3/c1-3-24-20(27)13(2)25(11-14-4-9-17(21)18(22)10-14)19(26)12-28-16-7-5-15(23)6-8-16/h4-10,13H,3,11-12H2,1-2H3,(H,24,27)/t13-/m1/s1. The third kappa shape index (κ3) is 6.11. The van der Waals surface area contributed by atoms with E-state index in [4.69, 9.17) is 27.9 Å². The van der Waals surface area contributed by atoms with Crippen LogP contribution in [-0.4, -0.2) is 35.9 Å². The number of hydrogen-bond acceptors (Lipinski definition) is 3. The lowest BCUT2D eigenvalue weighted by atomic mass is 10.1. The van der Waals surface area contributed by atoms with Crippen LogP contribution >= 0.6 is 23.2 Å². The molecule has 2 rings (SSSR count). The summed E-state index contributed by atoms with van der Waals surface area (Å²) in [7, 11) is 0. The van der Waals surface area contributed by atoms with E-state index in [1.165, 1.54) is 29.2 Å². The highest BCUT2D eigenvalue weighted by molar-refractivity contribution is 6.42. The maximum Gasteiger partial charge on any atom is 0.261 e. The van der Waals surface area contributed by atoms with Gasteiger partial charge >= 0.3 is 0 Å². The molecule has 0 heterocycles. The molecule has 0 unspecified atom stereocenters. The number of halogens is 3. The Labute approximate surface area is 173 Å². The quantitative estimate of drug-likeness (QED) is 0.691. The second-order valence-corrected chi connectivity index (χ2v) is 6.90. The zero-order valence-corrected chi connectivity index (χ0v) is 17.1. The van der Waals surface area contributed by atoms with E-state index in [-0.39, 0.29) is 19.1 Å². The van der Waals surface area contributed by atoms with Crippen LogP contribution in [0.5, 0.6) is 5.75 Å². The van der Waals surface area contributed by atoms with Crippen LogP contribution in [0.15, 0.2) is 42.5 Å². The summed E-state index contributed by atoms with van der Waals surface area (Å²) in [5, 5.41) is 3.47. The van der Waals surface area contributed by atoms with E-state index < -0.39 is 17.8 Å². The monoisotopic (exact) mass is 426 g/mol. The maximum absolute atomic E-state index is 13.0. The van der Waals surface area contributed by atoms with Crippen LogP contribution in [0.25, 0.3) is 0 Å². The number of hydrogen-bond donors (Lipinski definition) is 1. The number of carbonyl (C=O) groups excluding carboxylic acids is 2. The molecule has 2 aromatic rings. The van der Waals surface area contributed by atoms with Crippen molar-refractivity contribution < 1.29 is 18.7 Å². The summed E-state index contributed by atoms with van der Waals surface area (Å²) < 4.78 is 18.4. The van der Waals surface area contributed by atoms with Gasteiger partial charge in [-0.2, -0.15) is 0 Å². The van der Waals surface area contributed by atoms with E-state index in [0.717, 1.165) is 5.56 Å². The molecule has 2 amide bonds. The second kappa shape index (κ2) is 10.3. The highest BCUT2D eigenvalue weighted by Crippen LogP contribution is 2.24.